The maximum Gasteiger partial charge on any atom is 0.0486 e. The van der Waals surface area contributed by atoms with Crippen LogP contribution in [0.2, 0.25) is 0 Å². The molecule has 1 aliphatic heterocycles. The van der Waals surface area contributed by atoms with Crippen LogP contribution in [0.5, 0.6) is 0 Å². The van der Waals surface area contributed by atoms with Crippen molar-refractivity contribution in [1.29, 1.82) is 0 Å². The van der Waals surface area contributed by atoms with Gasteiger partial charge in [-0.2, -0.15) is 0 Å². The summed E-state index contributed by atoms with van der Waals surface area (Å²) >= 11 is 0. The molecule has 0 aliphatic carbocycles. The zero-order chi connectivity index (χ0) is 12.1. The highest BCUT2D eigenvalue weighted by molar-refractivity contribution is 5.18. The molecule has 94 valence electrons. The molecule has 3 heteroatoms. The van der Waals surface area contributed by atoms with Gasteiger partial charge in [-0.3, -0.25) is 0 Å². The van der Waals surface area contributed by atoms with E-state index in [4.69, 9.17) is 0 Å². The van der Waals surface area contributed by atoms with Gasteiger partial charge in [-0.25, -0.2) is 0 Å². The van der Waals surface area contributed by atoms with Gasteiger partial charge in [-0.1, -0.05) is 30.3 Å². The Labute approximate surface area is 103 Å². The number of benzene rings is 1. The van der Waals surface area contributed by atoms with Crippen molar-refractivity contribution in [3.8, 4) is 0 Å². The number of nitrogens with one attached hydrogen (secondary N) is 2. The van der Waals surface area contributed by atoms with Crippen LogP contribution >= 0.6 is 0 Å². The highest BCUT2D eigenvalue weighted by Crippen LogP contribution is 2.17. The number of piperidine rings is 1. The lowest BCUT2D eigenvalue weighted by Gasteiger charge is -2.34. The summed E-state index contributed by atoms with van der Waals surface area (Å²) in [6.45, 7) is 4.39. The zero-order valence-electron chi connectivity index (χ0n) is 10.4. The Morgan fingerprint density at radius 2 is 2.18 bits per heavy atom. The molecule has 0 radical (unpaired) electrons. The largest absolute Gasteiger partial charge is 0.396 e. The van der Waals surface area contributed by atoms with Crippen molar-refractivity contribution in [2.75, 3.05) is 19.7 Å². The van der Waals surface area contributed by atoms with E-state index < -0.39 is 0 Å². The van der Waals surface area contributed by atoms with E-state index in [0.717, 1.165) is 19.5 Å². The van der Waals surface area contributed by atoms with Crippen molar-refractivity contribution in [3.63, 3.8) is 0 Å². The molecule has 1 aromatic rings. The number of rotatable bonds is 4. The normalized spacial score (nSPS) is 26.7. The Bertz CT molecular complexity index is 328. The molecule has 1 unspecified atom stereocenters. The van der Waals surface area contributed by atoms with Gasteiger partial charge in [0, 0.05) is 31.2 Å². The van der Waals surface area contributed by atoms with Crippen LogP contribution in [0.25, 0.3) is 0 Å². The lowest BCUT2D eigenvalue weighted by atomic mass is 9.93. The fourth-order valence-electron chi connectivity index (χ4n) is 2.49. The van der Waals surface area contributed by atoms with Crippen molar-refractivity contribution in [1.82, 2.24) is 10.6 Å². The maximum absolute atomic E-state index is 9.36. The average molecular weight is 234 g/mol. The van der Waals surface area contributed by atoms with Crippen molar-refractivity contribution in [2.45, 2.75) is 25.4 Å². The van der Waals surface area contributed by atoms with E-state index in [0.29, 0.717) is 18.0 Å². The summed E-state index contributed by atoms with van der Waals surface area (Å²) in [7, 11) is 0. The van der Waals surface area contributed by atoms with Gasteiger partial charge in [0.1, 0.15) is 0 Å². The lowest BCUT2D eigenvalue weighted by Crippen LogP contribution is -2.49. The first-order valence-corrected chi connectivity index (χ1v) is 6.44. The van der Waals surface area contributed by atoms with Gasteiger partial charge < -0.3 is 15.7 Å². The molecule has 1 fully saturated rings. The van der Waals surface area contributed by atoms with Crippen LogP contribution in [0, 0.1) is 5.92 Å². The van der Waals surface area contributed by atoms with Gasteiger partial charge >= 0.3 is 0 Å². The molecule has 3 atom stereocenters. The number of hydrogen-bond donors (Lipinski definition) is 3. The summed E-state index contributed by atoms with van der Waals surface area (Å²) < 4.78 is 0. The molecule has 0 bridgehead atoms. The molecule has 1 aromatic carbocycles. The highest BCUT2D eigenvalue weighted by Gasteiger charge is 2.25. The summed E-state index contributed by atoms with van der Waals surface area (Å²) in [6, 6.07) is 11.2. The highest BCUT2D eigenvalue weighted by atomic mass is 16.3. The summed E-state index contributed by atoms with van der Waals surface area (Å²) in [5.74, 6) is 0.329. The second-order valence-electron chi connectivity index (χ2n) is 4.84. The van der Waals surface area contributed by atoms with E-state index in [1.807, 2.05) is 6.07 Å². The van der Waals surface area contributed by atoms with Crippen LogP contribution in [0.4, 0.5) is 0 Å². The predicted octanol–water partition coefficient (Wildman–Crippen LogP) is 1.31. The maximum atomic E-state index is 9.36. The van der Waals surface area contributed by atoms with Crippen LogP contribution in [-0.2, 0) is 0 Å². The van der Waals surface area contributed by atoms with E-state index in [9.17, 15) is 5.11 Å². The molecule has 2 rings (SSSR count). The SMILES string of the molecule is CC(N[C@@H]1CCNC[C@H]1CO)c1ccccc1. The fraction of sp³-hybridized carbons (Fsp3) is 0.571. The first-order chi connectivity index (χ1) is 8.31. The van der Waals surface area contributed by atoms with E-state index in [-0.39, 0.29) is 6.61 Å². The number of hydrogen-bond acceptors (Lipinski definition) is 3. The second kappa shape index (κ2) is 6.15. The molecule has 1 saturated heterocycles. The molecule has 3 N–H and O–H groups in total. The van der Waals surface area contributed by atoms with Gasteiger partial charge in [0.05, 0.1) is 0 Å². The topological polar surface area (TPSA) is 44.3 Å². The van der Waals surface area contributed by atoms with E-state index in [1.54, 1.807) is 0 Å². The van der Waals surface area contributed by atoms with Crippen LogP contribution in [0.15, 0.2) is 30.3 Å². The Balaban J connectivity index is 1.95. The van der Waals surface area contributed by atoms with Crippen molar-refractivity contribution < 1.29 is 5.11 Å². The molecule has 3 nitrogen and oxygen atoms in total. The van der Waals surface area contributed by atoms with Crippen molar-refractivity contribution >= 4 is 0 Å². The summed E-state index contributed by atoms with van der Waals surface area (Å²) in [6.07, 6.45) is 1.09. The predicted molar refractivity (Wildman–Crippen MR) is 69.8 cm³/mol. The fourth-order valence-corrected chi connectivity index (χ4v) is 2.49. The molecule has 17 heavy (non-hydrogen) atoms. The van der Waals surface area contributed by atoms with Crippen LogP contribution < -0.4 is 10.6 Å². The molecule has 0 aromatic heterocycles. The van der Waals surface area contributed by atoms with Gasteiger partial charge in [0.2, 0.25) is 0 Å². The molecule has 0 saturated carbocycles. The van der Waals surface area contributed by atoms with Gasteiger partial charge in [-0.15, -0.1) is 0 Å². The first-order valence-electron chi connectivity index (χ1n) is 6.44. The Morgan fingerprint density at radius 3 is 2.88 bits per heavy atom. The number of aliphatic hydroxyl groups is 1. The smallest absolute Gasteiger partial charge is 0.0486 e. The molecule has 1 aliphatic rings. The molecular formula is C14H22N2O. The van der Waals surface area contributed by atoms with Gasteiger partial charge in [0.15, 0.2) is 0 Å². The average Bonchev–Trinajstić information content (AvgIpc) is 2.40. The lowest BCUT2D eigenvalue weighted by molar-refractivity contribution is 0.157. The van der Waals surface area contributed by atoms with Crippen LogP contribution in [-0.4, -0.2) is 30.8 Å². The third-order valence-electron chi connectivity index (χ3n) is 3.61. The zero-order valence-corrected chi connectivity index (χ0v) is 10.4. The quantitative estimate of drug-likeness (QED) is 0.736. The second-order valence-corrected chi connectivity index (χ2v) is 4.84. The Hall–Kier alpha value is -0.900. The third kappa shape index (κ3) is 3.28. The van der Waals surface area contributed by atoms with Crippen molar-refractivity contribution in [2.24, 2.45) is 5.92 Å². The minimum Gasteiger partial charge on any atom is -0.396 e. The van der Waals surface area contributed by atoms with E-state index in [1.165, 1.54) is 5.56 Å². The molecule has 0 amide bonds. The molecule has 0 spiro atoms. The summed E-state index contributed by atoms with van der Waals surface area (Å²) in [5.41, 5.74) is 1.31. The van der Waals surface area contributed by atoms with E-state index in [2.05, 4.69) is 41.8 Å². The Kier molecular flexibility index (Phi) is 4.54. The van der Waals surface area contributed by atoms with Gasteiger partial charge in [-0.05, 0) is 25.5 Å². The monoisotopic (exact) mass is 234 g/mol. The first kappa shape index (κ1) is 12.6. The van der Waals surface area contributed by atoms with Crippen molar-refractivity contribution in [3.05, 3.63) is 35.9 Å². The minimum absolute atomic E-state index is 0.256. The third-order valence-corrected chi connectivity index (χ3v) is 3.61. The van der Waals surface area contributed by atoms with Crippen LogP contribution in [0.3, 0.4) is 0 Å². The Morgan fingerprint density at radius 1 is 1.41 bits per heavy atom. The van der Waals surface area contributed by atoms with Crippen LogP contribution in [0.1, 0.15) is 24.9 Å². The number of aliphatic hydroxyl groups excluding tert-OH is 1. The minimum atomic E-state index is 0.256. The van der Waals surface area contributed by atoms with E-state index >= 15 is 0 Å². The molecular weight excluding hydrogens is 212 g/mol. The summed E-state index contributed by atoms with van der Waals surface area (Å²) in [4.78, 5) is 0. The summed E-state index contributed by atoms with van der Waals surface area (Å²) in [5, 5.41) is 16.3. The van der Waals surface area contributed by atoms with Gasteiger partial charge in [0.25, 0.3) is 0 Å². The standard InChI is InChI=1S/C14H22N2O/c1-11(12-5-3-2-4-6-12)16-14-7-8-15-9-13(14)10-17/h2-6,11,13-17H,7-10H2,1H3/t11?,13-,14+/m0/s1. The molecule has 1 heterocycles.